The summed E-state index contributed by atoms with van der Waals surface area (Å²) in [5.74, 6) is 0.390. The molecule has 0 amide bonds. The number of fused-ring (bicyclic) bond motifs is 1. The van der Waals surface area contributed by atoms with Crippen molar-refractivity contribution in [3.8, 4) is 5.75 Å². The Bertz CT molecular complexity index is 693. The maximum Gasteiger partial charge on any atom is 0.229 e. The third-order valence-electron chi connectivity index (χ3n) is 3.75. The van der Waals surface area contributed by atoms with E-state index in [1.165, 1.54) is 0 Å². The number of aromatic amines is 1. The molecule has 1 aliphatic heterocycles. The molecule has 4 N–H and O–H groups in total. The van der Waals surface area contributed by atoms with E-state index in [2.05, 4.69) is 20.9 Å². The Labute approximate surface area is 139 Å². The predicted octanol–water partition coefficient (Wildman–Crippen LogP) is 1.79. The van der Waals surface area contributed by atoms with E-state index in [4.69, 9.17) is 21.1 Å². The summed E-state index contributed by atoms with van der Waals surface area (Å²) in [7, 11) is 0. The van der Waals surface area contributed by atoms with Crippen LogP contribution in [0.25, 0.3) is 10.9 Å². The molecule has 1 aromatic carbocycles. The van der Waals surface area contributed by atoms with E-state index in [9.17, 15) is 15.3 Å². The monoisotopic (exact) mass is 391 g/mol. The van der Waals surface area contributed by atoms with Crippen LogP contribution in [0.5, 0.6) is 5.75 Å². The summed E-state index contributed by atoms with van der Waals surface area (Å²) in [4.78, 5) is 3.01. The summed E-state index contributed by atoms with van der Waals surface area (Å²) in [6, 6.07) is 3.64. The minimum atomic E-state index is -1.37. The molecule has 1 fully saturated rings. The van der Waals surface area contributed by atoms with Crippen molar-refractivity contribution in [2.75, 3.05) is 0 Å². The summed E-state index contributed by atoms with van der Waals surface area (Å²) >= 11 is 9.61. The highest BCUT2D eigenvalue weighted by molar-refractivity contribution is 9.10. The van der Waals surface area contributed by atoms with Crippen molar-refractivity contribution < 1.29 is 24.8 Å². The third kappa shape index (κ3) is 2.62. The van der Waals surface area contributed by atoms with Crippen LogP contribution in [0.1, 0.15) is 6.92 Å². The van der Waals surface area contributed by atoms with E-state index in [0.717, 1.165) is 5.52 Å². The molecule has 2 heterocycles. The first-order valence-electron chi connectivity index (χ1n) is 6.71. The van der Waals surface area contributed by atoms with E-state index in [0.29, 0.717) is 20.6 Å². The highest BCUT2D eigenvalue weighted by Gasteiger charge is 2.43. The second kappa shape index (κ2) is 5.99. The topological polar surface area (TPSA) is 94.9 Å². The molecule has 6 nitrogen and oxygen atoms in total. The van der Waals surface area contributed by atoms with Gasteiger partial charge in [0.25, 0.3) is 0 Å². The Morgan fingerprint density at radius 3 is 2.68 bits per heavy atom. The van der Waals surface area contributed by atoms with Crippen LogP contribution in [0.3, 0.4) is 0 Å². The van der Waals surface area contributed by atoms with Crippen molar-refractivity contribution in [1.29, 1.82) is 0 Å². The molecule has 3 rings (SSSR count). The molecule has 0 bridgehead atoms. The number of halogens is 2. The molecule has 1 aromatic heterocycles. The minimum absolute atomic E-state index is 0.390. The number of H-pyrrole nitrogens is 1. The summed E-state index contributed by atoms with van der Waals surface area (Å²) in [5.41, 5.74) is 0.766. The molecule has 8 heteroatoms. The zero-order chi connectivity index (χ0) is 16.0. The van der Waals surface area contributed by atoms with Gasteiger partial charge in [0.15, 0.2) is 0 Å². The standard InChI is InChI=1S/C14H15BrClNO5/c1-5-11(18)12(19)13(20)14(21-5)22-8-4-17-7-3-2-6(15)10(16)9(7)8/h2-5,11-14,17-20H,1H3/t5?,11-,12+,13?,14+/m0/s1. The first-order chi connectivity index (χ1) is 10.4. The van der Waals surface area contributed by atoms with E-state index >= 15 is 0 Å². The molecule has 0 spiro atoms. The predicted molar refractivity (Wildman–Crippen MR) is 84.0 cm³/mol. The Morgan fingerprint density at radius 1 is 1.23 bits per heavy atom. The van der Waals surface area contributed by atoms with Crippen molar-refractivity contribution in [2.45, 2.75) is 37.6 Å². The van der Waals surface area contributed by atoms with Gasteiger partial charge < -0.3 is 29.8 Å². The molecule has 0 saturated carbocycles. The van der Waals surface area contributed by atoms with Gasteiger partial charge in [0.05, 0.1) is 22.0 Å². The van der Waals surface area contributed by atoms with Gasteiger partial charge in [-0.25, -0.2) is 0 Å². The van der Waals surface area contributed by atoms with Crippen molar-refractivity contribution in [1.82, 2.24) is 4.98 Å². The van der Waals surface area contributed by atoms with Crippen molar-refractivity contribution >= 4 is 38.4 Å². The summed E-state index contributed by atoms with van der Waals surface area (Å²) in [6.45, 7) is 1.59. The number of nitrogens with one attached hydrogen (secondary N) is 1. The van der Waals surface area contributed by atoms with Crippen LogP contribution in [-0.2, 0) is 4.74 Å². The quantitative estimate of drug-likeness (QED) is 0.625. The Kier molecular flexibility index (Phi) is 4.37. The third-order valence-corrected chi connectivity index (χ3v) is 5.03. The van der Waals surface area contributed by atoms with Gasteiger partial charge in [-0.3, -0.25) is 0 Å². The Morgan fingerprint density at radius 2 is 1.95 bits per heavy atom. The van der Waals surface area contributed by atoms with Crippen molar-refractivity contribution in [2.24, 2.45) is 0 Å². The molecule has 0 aliphatic carbocycles. The van der Waals surface area contributed by atoms with E-state index in [1.54, 1.807) is 19.2 Å². The zero-order valence-electron chi connectivity index (χ0n) is 11.5. The van der Waals surface area contributed by atoms with Crippen molar-refractivity contribution in [3.05, 3.63) is 27.8 Å². The van der Waals surface area contributed by atoms with Crippen LogP contribution in [0.4, 0.5) is 0 Å². The highest BCUT2D eigenvalue weighted by Crippen LogP contribution is 2.38. The highest BCUT2D eigenvalue weighted by atomic mass is 79.9. The van der Waals surface area contributed by atoms with Crippen LogP contribution in [0.15, 0.2) is 22.8 Å². The first kappa shape index (κ1) is 16.0. The second-order valence-electron chi connectivity index (χ2n) is 5.24. The second-order valence-corrected chi connectivity index (χ2v) is 6.47. The molecule has 1 aliphatic rings. The van der Waals surface area contributed by atoms with E-state index in [1.807, 2.05) is 6.07 Å². The smallest absolute Gasteiger partial charge is 0.229 e. The number of benzene rings is 1. The molecular formula is C14H15BrClNO5. The molecule has 5 atom stereocenters. The van der Waals surface area contributed by atoms with Crippen LogP contribution < -0.4 is 4.74 Å². The fraction of sp³-hybridized carbons (Fsp3) is 0.429. The number of rotatable bonds is 2. The van der Waals surface area contributed by atoms with Crippen LogP contribution >= 0.6 is 27.5 Å². The minimum Gasteiger partial charge on any atom is -0.460 e. The fourth-order valence-electron chi connectivity index (χ4n) is 2.46. The van der Waals surface area contributed by atoms with Gasteiger partial charge >= 0.3 is 0 Å². The average molecular weight is 393 g/mol. The van der Waals surface area contributed by atoms with E-state index in [-0.39, 0.29) is 0 Å². The maximum atomic E-state index is 10.0. The number of aromatic nitrogens is 1. The molecule has 2 aromatic rings. The number of aliphatic hydroxyl groups is 3. The SMILES string of the molecule is CC1O[C@H](Oc2c[nH]c3ccc(Br)c(Cl)c23)C(O)[C@H](O)[C@H]1O. The van der Waals surface area contributed by atoms with E-state index < -0.39 is 30.7 Å². The number of ether oxygens (including phenoxy) is 2. The summed E-state index contributed by atoms with van der Waals surface area (Å²) in [6.07, 6.45) is -4.07. The lowest BCUT2D eigenvalue weighted by molar-refractivity contribution is -0.267. The summed E-state index contributed by atoms with van der Waals surface area (Å²) < 4.78 is 11.8. The van der Waals surface area contributed by atoms with Crippen molar-refractivity contribution in [3.63, 3.8) is 0 Å². The molecular weight excluding hydrogens is 378 g/mol. The lowest BCUT2D eigenvalue weighted by atomic mass is 10.00. The van der Waals surface area contributed by atoms with Gasteiger partial charge in [0.2, 0.25) is 6.29 Å². The lowest BCUT2D eigenvalue weighted by Crippen LogP contribution is -2.58. The number of hydrogen-bond acceptors (Lipinski definition) is 5. The Hall–Kier alpha value is -0.830. The Balaban J connectivity index is 1.92. The lowest BCUT2D eigenvalue weighted by Gasteiger charge is -2.38. The average Bonchev–Trinajstić information content (AvgIpc) is 2.90. The van der Waals surface area contributed by atoms with Gasteiger partial charge in [-0.15, -0.1) is 0 Å². The summed E-state index contributed by atoms with van der Waals surface area (Å²) in [5, 5.41) is 30.6. The molecule has 1 saturated heterocycles. The van der Waals surface area contributed by atoms with Gasteiger partial charge in [-0.05, 0) is 35.0 Å². The van der Waals surface area contributed by atoms with Gasteiger partial charge in [0.1, 0.15) is 24.1 Å². The zero-order valence-corrected chi connectivity index (χ0v) is 13.9. The molecule has 0 radical (unpaired) electrons. The first-order valence-corrected chi connectivity index (χ1v) is 7.88. The van der Waals surface area contributed by atoms with Gasteiger partial charge in [0, 0.05) is 10.7 Å². The number of hydrogen-bond donors (Lipinski definition) is 4. The van der Waals surface area contributed by atoms with Crippen LogP contribution in [-0.4, -0.2) is 51.0 Å². The molecule has 22 heavy (non-hydrogen) atoms. The van der Waals surface area contributed by atoms with Crippen LogP contribution in [0, 0.1) is 0 Å². The number of aliphatic hydroxyl groups excluding tert-OH is 3. The maximum absolute atomic E-state index is 10.0. The van der Waals surface area contributed by atoms with Crippen LogP contribution in [0.2, 0.25) is 5.02 Å². The molecule has 120 valence electrons. The fourth-order valence-corrected chi connectivity index (χ4v) is 3.04. The largest absolute Gasteiger partial charge is 0.460 e. The van der Waals surface area contributed by atoms with Gasteiger partial charge in [-0.2, -0.15) is 0 Å². The normalized spacial score (nSPS) is 32.4. The van der Waals surface area contributed by atoms with Gasteiger partial charge in [-0.1, -0.05) is 11.6 Å². The molecule has 2 unspecified atom stereocenters.